The number of benzene rings is 1. The van der Waals surface area contributed by atoms with Gasteiger partial charge in [0.1, 0.15) is 18.2 Å². The SMILES string of the molecule is CN1CCC(Cn2cc(-c3ccc4c(c3)OCC3=NC(CN5CCOCC5)CN34)cn2)CC1. The Morgan fingerprint density at radius 3 is 2.73 bits per heavy atom. The number of aromatic nitrogens is 2. The molecule has 2 saturated heterocycles. The van der Waals surface area contributed by atoms with E-state index in [0.717, 1.165) is 80.3 Å². The number of fused-ring (bicyclic) bond motifs is 3. The summed E-state index contributed by atoms with van der Waals surface area (Å²) in [7, 11) is 2.21. The molecule has 4 aliphatic rings. The summed E-state index contributed by atoms with van der Waals surface area (Å²) in [6.45, 7) is 9.52. The number of likely N-dealkylation sites (tertiary alicyclic amines) is 1. The van der Waals surface area contributed by atoms with Gasteiger partial charge >= 0.3 is 0 Å². The Balaban J connectivity index is 1.12. The molecule has 0 bridgehead atoms. The Labute approximate surface area is 195 Å². The van der Waals surface area contributed by atoms with Crippen molar-refractivity contribution >= 4 is 11.5 Å². The summed E-state index contributed by atoms with van der Waals surface area (Å²) in [6, 6.07) is 6.84. The smallest absolute Gasteiger partial charge is 0.146 e. The van der Waals surface area contributed by atoms with Crippen LogP contribution in [-0.4, -0.2) is 97.6 Å². The molecule has 8 nitrogen and oxygen atoms in total. The van der Waals surface area contributed by atoms with Crippen LogP contribution < -0.4 is 9.64 Å². The zero-order valence-electron chi connectivity index (χ0n) is 19.5. The Kier molecular flexibility index (Phi) is 5.82. The zero-order valence-corrected chi connectivity index (χ0v) is 19.5. The van der Waals surface area contributed by atoms with Crippen LogP contribution in [0.5, 0.6) is 5.75 Å². The normalized spacial score (nSPS) is 24.3. The van der Waals surface area contributed by atoms with E-state index in [1.54, 1.807) is 0 Å². The van der Waals surface area contributed by atoms with E-state index in [9.17, 15) is 0 Å². The molecule has 1 atom stereocenters. The minimum Gasteiger partial charge on any atom is -0.483 e. The molecule has 0 radical (unpaired) electrons. The Hall–Kier alpha value is -2.42. The van der Waals surface area contributed by atoms with Crippen molar-refractivity contribution in [2.45, 2.75) is 25.4 Å². The lowest BCUT2D eigenvalue weighted by Crippen LogP contribution is -2.42. The molecule has 4 aliphatic heterocycles. The molecular formula is C25H34N6O2. The summed E-state index contributed by atoms with van der Waals surface area (Å²) in [6.07, 6.45) is 6.68. The number of ether oxygens (including phenoxy) is 2. The quantitative estimate of drug-likeness (QED) is 0.696. The highest BCUT2D eigenvalue weighted by Crippen LogP contribution is 2.38. The first kappa shape index (κ1) is 21.1. The number of hydrogen-bond donors (Lipinski definition) is 0. The lowest BCUT2D eigenvalue weighted by Gasteiger charge is -2.30. The maximum Gasteiger partial charge on any atom is 0.146 e. The third-order valence-corrected chi connectivity index (χ3v) is 7.47. The summed E-state index contributed by atoms with van der Waals surface area (Å²) in [5, 5.41) is 4.66. The largest absolute Gasteiger partial charge is 0.483 e. The Morgan fingerprint density at radius 1 is 1.03 bits per heavy atom. The summed E-state index contributed by atoms with van der Waals surface area (Å²) in [5.41, 5.74) is 3.44. The molecule has 33 heavy (non-hydrogen) atoms. The first-order valence-corrected chi connectivity index (χ1v) is 12.3. The van der Waals surface area contributed by atoms with Crippen molar-refractivity contribution in [1.29, 1.82) is 0 Å². The van der Waals surface area contributed by atoms with Crippen LogP contribution in [0.1, 0.15) is 12.8 Å². The maximum atomic E-state index is 6.14. The highest BCUT2D eigenvalue weighted by atomic mass is 16.5. The lowest BCUT2D eigenvalue weighted by atomic mass is 9.97. The highest BCUT2D eigenvalue weighted by molar-refractivity contribution is 6.03. The number of aliphatic imine (C=N–C) groups is 1. The van der Waals surface area contributed by atoms with Crippen molar-refractivity contribution < 1.29 is 9.47 Å². The highest BCUT2D eigenvalue weighted by Gasteiger charge is 2.33. The van der Waals surface area contributed by atoms with Gasteiger partial charge in [-0.2, -0.15) is 5.10 Å². The van der Waals surface area contributed by atoms with Gasteiger partial charge in [-0.05, 0) is 56.6 Å². The molecule has 176 valence electrons. The van der Waals surface area contributed by atoms with E-state index in [1.165, 1.54) is 25.9 Å². The van der Waals surface area contributed by atoms with Crippen LogP contribution in [0.3, 0.4) is 0 Å². The van der Waals surface area contributed by atoms with Gasteiger partial charge in [0.15, 0.2) is 0 Å². The van der Waals surface area contributed by atoms with Crippen LogP contribution >= 0.6 is 0 Å². The van der Waals surface area contributed by atoms with Gasteiger partial charge < -0.3 is 19.3 Å². The predicted octanol–water partition coefficient (Wildman–Crippen LogP) is 2.20. The molecule has 1 unspecified atom stereocenters. The van der Waals surface area contributed by atoms with Crippen LogP contribution in [0.15, 0.2) is 35.6 Å². The summed E-state index contributed by atoms with van der Waals surface area (Å²) in [5.74, 6) is 2.72. The maximum absolute atomic E-state index is 6.14. The van der Waals surface area contributed by atoms with Crippen molar-refractivity contribution in [2.75, 3.05) is 71.0 Å². The molecule has 0 spiro atoms. The van der Waals surface area contributed by atoms with Crippen LogP contribution in [0.2, 0.25) is 0 Å². The zero-order chi connectivity index (χ0) is 22.2. The number of rotatable bonds is 5. The molecule has 6 rings (SSSR count). The van der Waals surface area contributed by atoms with E-state index >= 15 is 0 Å². The van der Waals surface area contributed by atoms with E-state index in [1.807, 2.05) is 6.20 Å². The van der Waals surface area contributed by atoms with Gasteiger partial charge in [-0.3, -0.25) is 14.6 Å². The average molecular weight is 451 g/mol. The third kappa shape index (κ3) is 4.52. The molecular weight excluding hydrogens is 416 g/mol. The van der Waals surface area contributed by atoms with E-state index in [-0.39, 0.29) is 0 Å². The monoisotopic (exact) mass is 450 g/mol. The molecule has 0 aliphatic carbocycles. The fraction of sp³-hybridized carbons (Fsp3) is 0.600. The number of hydrogen-bond acceptors (Lipinski definition) is 7. The molecule has 1 aromatic heterocycles. The fourth-order valence-corrected chi connectivity index (χ4v) is 5.47. The van der Waals surface area contributed by atoms with Gasteiger partial charge in [0.25, 0.3) is 0 Å². The van der Waals surface area contributed by atoms with E-state index in [2.05, 4.69) is 55.9 Å². The van der Waals surface area contributed by atoms with Crippen LogP contribution in [0.25, 0.3) is 11.1 Å². The van der Waals surface area contributed by atoms with E-state index < -0.39 is 0 Å². The van der Waals surface area contributed by atoms with Crippen molar-refractivity contribution in [2.24, 2.45) is 10.9 Å². The molecule has 2 fully saturated rings. The molecule has 0 amide bonds. The number of piperidine rings is 1. The summed E-state index contributed by atoms with van der Waals surface area (Å²) in [4.78, 5) is 12.2. The molecule has 2 aromatic rings. The van der Waals surface area contributed by atoms with E-state index in [0.29, 0.717) is 12.6 Å². The number of amidine groups is 1. The predicted molar refractivity (Wildman–Crippen MR) is 129 cm³/mol. The van der Waals surface area contributed by atoms with Crippen molar-refractivity contribution in [3.8, 4) is 16.9 Å². The first-order chi connectivity index (χ1) is 16.2. The second kappa shape index (κ2) is 9.08. The topological polar surface area (TPSA) is 58.4 Å². The Morgan fingerprint density at radius 2 is 1.88 bits per heavy atom. The van der Waals surface area contributed by atoms with Crippen LogP contribution in [0, 0.1) is 5.92 Å². The van der Waals surface area contributed by atoms with Crippen molar-refractivity contribution in [1.82, 2.24) is 19.6 Å². The van der Waals surface area contributed by atoms with Crippen molar-refractivity contribution in [3.05, 3.63) is 30.6 Å². The fourth-order valence-electron chi connectivity index (χ4n) is 5.47. The van der Waals surface area contributed by atoms with Gasteiger partial charge in [-0.15, -0.1) is 0 Å². The summed E-state index contributed by atoms with van der Waals surface area (Å²) >= 11 is 0. The second-order valence-corrected chi connectivity index (χ2v) is 9.89. The van der Waals surface area contributed by atoms with Gasteiger partial charge in [0.2, 0.25) is 0 Å². The molecule has 1 aromatic carbocycles. The van der Waals surface area contributed by atoms with Gasteiger partial charge in [0, 0.05) is 44.5 Å². The van der Waals surface area contributed by atoms with Crippen LogP contribution in [-0.2, 0) is 11.3 Å². The van der Waals surface area contributed by atoms with Crippen LogP contribution in [0.4, 0.5) is 5.69 Å². The first-order valence-electron chi connectivity index (χ1n) is 12.3. The number of morpholine rings is 1. The minimum atomic E-state index is 0.296. The van der Waals surface area contributed by atoms with Crippen molar-refractivity contribution in [3.63, 3.8) is 0 Å². The Bertz CT molecular complexity index is 1010. The molecule has 5 heterocycles. The van der Waals surface area contributed by atoms with Gasteiger partial charge in [-0.1, -0.05) is 6.07 Å². The van der Waals surface area contributed by atoms with Gasteiger partial charge in [0.05, 0.1) is 31.1 Å². The van der Waals surface area contributed by atoms with E-state index in [4.69, 9.17) is 14.5 Å². The third-order valence-electron chi connectivity index (χ3n) is 7.47. The molecule has 0 saturated carbocycles. The van der Waals surface area contributed by atoms with Gasteiger partial charge in [-0.25, -0.2) is 0 Å². The molecule has 8 heteroatoms. The lowest BCUT2D eigenvalue weighted by molar-refractivity contribution is 0.0360. The second-order valence-electron chi connectivity index (χ2n) is 9.89. The number of nitrogens with zero attached hydrogens (tertiary/aromatic N) is 6. The molecule has 0 N–H and O–H groups in total. The minimum absolute atomic E-state index is 0.296. The average Bonchev–Trinajstić information content (AvgIpc) is 3.48. The summed E-state index contributed by atoms with van der Waals surface area (Å²) < 4.78 is 13.7. The number of anilines is 1. The standard InChI is InChI=1S/C25H34N6O2/c1-28-6-4-19(5-7-28)14-30-15-21(13-26-30)20-2-3-23-24(12-20)33-18-25-27-22(17-31(23)25)16-29-8-10-32-11-9-29/h2-3,12-13,15,19,22H,4-11,14,16-18H2,1H3.